The molecule has 0 bridgehead atoms. The minimum absolute atomic E-state index is 0.510. The first-order chi connectivity index (χ1) is 9.72. The number of hydrogen-bond acceptors (Lipinski definition) is 6. The van der Waals surface area contributed by atoms with E-state index in [1.807, 2.05) is 0 Å². The second-order valence-corrected chi connectivity index (χ2v) is 5.07. The normalized spacial score (nSPS) is 10.9. The highest BCUT2D eigenvalue weighted by Crippen LogP contribution is 2.16. The Labute approximate surface area is 123 Å². The van der Waals surface area contributed by atoms with E-state index in [0.29, 0.717) is 10.9 Å². The molecule has 1 heterocycles. The SMILES string of the molecule is CCN(CC)c1ccc(C=NNc2nc(N)cs2)cc1. The molecule has 106 valence electrons. The van der Waals surface area contributed by atoms with E-state index >= 15 is 0 Å². The van der Waals surface area contributed by atoms with Crippen molar-refractivity contribution in [2.75, 3.05) is 29.1 Å². The summed E-state index contributed by atoms with van der Waals surface area (Å²) in [6.07, 6.45) is 1.77. The average Bonchev–Trinajstić information content (AvgIpc) is 2.87. The Bertz CT molecular complexity index is 557. The highest BCUT2D eigenvalue weighted by atomic mass is 32.1. The molecule has 0 saturated carbocycles. The van der Waals surface area contributed by atoms with Crippen LogP contribution < -0.4 is 16.1 Å². The second kappa shape index (κ2) is 6.91. The molecule has 20 heavy (non-hydrogen) atoms. The summed E-state index contributed by atoms with van der Waals surface area (Å²) in [7, 11) is 0. The molecule has 0 aliphatic carbocycles. The summed E-state index contributed by atoms with van der Waals surface area (Å²) >= 11 is 1.43. The lowest BCUT2D eigenvalue weighted by molar-refractivity contribution is 0.866. The molecule has 0 spiro atoms. The smallest absolute Gasteiger partial charge is 0.205 e. The summed E-state index contributed by atoms with van der Waals surface area (Å²) in [6, 6.07) is 8.32. The van der Waals surface area contributed by atoms with E-state index in [1.54, 1.807) is 11.6 Å². The number of hydrogen-bond donors (Lipinski definition) is 2. The van der Waals surface area contributed by atoms with E-state index in [1.165, 1.54) is 17.0 Å². The molecule has 5 nitrogen and oxygen atoms in total. The zero-order valence-corrected chi connectivity index (χ0v) is 12.5. The standard InChI is InChI=1S/C14H19N5S/c1-3-19(4-2)12-7-5-11(6-8-12)9-16-18-14-17-13(15)10-20-14/h5-10H,3-4,15H2,1-2H3,(H,17,18). The molecule has 2 aromatic rings. The number of thiazole rings is 1. The van der Waals surface area contributed by atoms with Crippen LogP contribution in [-0.2, 0) is 0 Å². The van der Waals surface area contributed by atoms with Gasteiger partial charge in [0.1, 0.15) is 5.82 Å². The van der Waals surface area contributed by atoms with Crippen molar-refractivity contribution in [1.29, 1.82) is 0 Å². The number of nitrogens with two attached hydrogens (primary N) is 1. The molecule has 2 rings (SSSR count). The third-order valence-corrected chi connectivity index (χ3v) is 3.68. The first-order valence-electron chi connectivity index (χ1n) is 6.58. The molecule has 0 atom stereocenters. The molecule has 1 aromatic carbocycles. The largest absolute Gasteiger partial charge is 0.383 e. The lowest BCUT2D eigenvalue weighted by Gasteiger charge is -2.20. The number of nitrogens with zero attached hydrogens (tertiary/aromatic N) is 3. The van der Waals surface area contributed by atoms with Crippen molar-refractivity contribution in [3.05, 3.63) is 35.2 Å². The topological polar surface area (TPSA) is 66.5 Å². The summed E-state index contributed by atoms with van der Waals surface area (Å²) < 4.78 is 0. The van der Waals surface area contributed by atoms with Crippen molar-refractivity contribution in [1.82, 2.24) is 4.98 Å². The summed E-state index contributed by atoms with van der Waals surface area (Å²) in [5, 5.41) is 6.61. The number of anilines is 3. The van der Waals surface area contributed by atoms with Crippen LogP contribution in [0.5, 0.6) is 0 Å². The van der Waals surface area contributed by atoms with Gasteiger partial charge in [-0.05, 0) is 31.5 Å². The Kier molecular flexibility index (Phi) is 4.95. The Morgan fingerprint density at radius 3 is 2.55 bits per heavy atom. The van der Waals surface area contributed by atoms with E-state index < -0.39 is 0 Å². The predicted octanol–water partition coefficient (Wildman–Crippen LogP) is 3.02. The van der Waals surface area contributed by atoms with Crippen LogP contribution >= 0.6 is 11.3 Å². The van der Waals surface area contributed by atoms with Gasteiger partial charge in [0.2, 0.25) is 5.13 Å². The van der Waals surface area contributed by atoms with Crippen LogP contribution in [0.4, 0.5) is 16.6 Å². The van der Waals surface area contributed by atoms with Crippen molar-refractivity contribution in [2.45, 2.75) is 13.8 Å². The van der Waals surface area contributed by atoms with Crippen molar-refractivity contribution in [2.24, 2.45) is 5.10 Å². The van der Waals surface area contributed by atoms with Crippen LogP contribution in [0.25, 0.3) is 0 Å². The van der Waals surface area contributed by atoms with Crippen LogP contribution in [0.3, 0.4) is 0 Å². The van der Waals surface area contributed by atoms with Gasteiger partial charge in [0.05, 0.1) is 6.21 Å². The minimum atomic E-state index is 0.510. The first kappa shape index (κ1) is 14.3. The molecule has 0 saturated heterocycles. The van der Waals surface area contributed by atoms with Gasteiger partial charge < -0.3 is 10.6 Å². The second-order valence-electron chi connectivity index (χ2n) is 4.21. The van der Waals surface area contributed by atoms with Gasteiger partial charge in [-0.2, -0.15) is 5.10 Å². The van der Waals surface area contributed by atoms with Crippen LogP contribution in [0.15, 0.2) is 34.7 Å². The van der Waals surface area contributed by atoms with Crippen molar-refractivity contribution in [3.63, 3.8) is 0 Å². The van der Waals surface area contributed by atoms with Gasteiger partial charge in [0.25, 0.3) is 0 Å². The molecular formula is C14H19N5S. The van der Waals surface area contributed by atoms with Gasteiger partial charge in [-0.1, -0.05) is 12.1 Å². The van der Waals surface area contributed by atoms with E-state index in [0.717, 1.165) is 18.7 Å². The number of nitrogens with one attached hydrogen (secondary N) is 1. The van der Waals surface area contributed by atoms with Gasteiger partial charge in [0.15, 0.2) is 0 Å². The lowest BCUT2D eigenvalue weighted by Crippen LogP contribution is -2.21. The summed E-state index contributed by atoms with van der Waals surface area (Å²) in [5.74, 6) is 0.510. The fraction of sp³-hybridized carbons (Fsp3) is 0.286. The van der Waals surface area contributed by atoms with Crippen LogP contribution in [0.1, 0.15) is 19.4 Å². The molecule has 0 amide bonds. The molecule has 0 radical (unpaired) electrons. The van der Waals surface area contributed by atoms with E-state index in [2.05, 4.69) is 58.5 Å². The fourth-order valence-electron chi connectivity index (χ4n) is 1.86. The van der Waals surface area contributed by atoms with Crippen molar-refractivity contribution in [3.8, 4) is 0 Å². The number of hydrazone groups is 1. The molecule has 0 aliphatic rings. The number of rotatable bonds is 6. The summed E-state index contributed by atoms with van der Waals surface area (Å²) in [6.45, 7) is 6.33. The van der Waals surface area contributed by atoms with E-state index in [4.69, 9.17) is 5.73 Å². The third kappa shape index (κ3) is 3.71. The Hall–Kier alpha value is -2.08. The molecule has 3 N–H and O–H groups in total. The average molecular weight is 289 g/mol. The van der Waals surface area contributed by atoms with E-state index in [-0.39, 0.29) is 0 Å². The van der Waals surface area contributed by atoms with Gasteiger partial charge >= 0.3 is 0 Å². The third-order valence-electron chi connectivity index (χ3n) is 2.92. The first-order valence-corrected chi connectivity index (χ1v) is 7.46. The number of aromatic nitrogens is 1. The monoisotopic (exact) mass is 289 g/mol. The lowest BCUT2D eigenvalue weighted by atomic mass is 10.2. The highest BCUT2D eigenvalue weighted by Gasteiger charge is 2.00. The molecule has 0 unspecified atom stereocenters. The van der Waals surface area contributed by atoms with Gasteiger partial charge in [-0.25, -0.2) is 4.98 Å². The van der Waals surface area contributed by atoms with Crippen molar-refractivity contribution < 1.29 is 0 Å². The van der Waals surface area contributed by atoms with Gasteiger partial charge in [-0.15, -0.1) is 11.3 Å². The molecular weight excluding hydrogens is 270 g/mol. The Morgan fingerprint density at radius 2 is 2.00 bits per heavy atom. The predicted molar refractivity (Wildman–Crippen MR) is 87.7 cm³/mol. The van der Waals surface area contributed by atoms with Gasteiger partial charge in [0, 0.05) is 24.2 Å². The van der Waals surface area contributed by atoms with Crippen LogP contribution in [0, 0.1) is 0 Å². The zero-order chi connectivity index (χ0) is 14.4. The maximum atomic E-state index is 5.54. The maximum Gasteiger partial charge on any atom is 0.205 e. The minimum Gasteiger partial charge on any atom is -0.383 e. The van der Waals surface area contributed by atoms with E-state index in [9.17, 15) is 0 Å². The quantitative estimate of drug-likeness (QED) is 0.633. The molecule has 0 aliphatic heterocycles. The van der Waals surface area contributed by atoms with Crippen molar-refractivity contribution >= 4 is 34.2 Å². The maximum absolute atomic E-state index is 5.54. The van der Waals surface area contributed by atoms with Gasteiger partial charge in [-0.3, -0.25) is 5.43 Å². The van der Waals surface area contributed by atoms with Crippen LogP contribution in [0.2, 0.25) is 0 Å². The summed E-state index contributed by atoms with van der Waals surface area (Å²) in [4.78, 5) is 6.37. The number of benzene rings is 1. The molecule has 1 aromatic heterocycles. The Balaban J connectivity index is 1.96. The zero-order valence-electron chi connectivity index (χ0n) is 11.7. The highest BCUT2D eigenvalue weighted by molar-refractivity contribution is 7.14. The molecule has 6 heteroatoms. The van der Waals surface area contributed by atoms with Crippen LogP contribution in [-0.4, -0.2) is 24.3 Å². The summed E-state index contributed by atoms with van der Waals surface area (Å²) in [5.41, 5.74) is 10.7. The number of nitrogen functional groups attached to an aromatic ring is 1. The fourth-order valence-corrected chi connectivity index (χ4v) is 2.41. The Morgan fingerprint density at radius 1 is 1.30 bits per heavy atom. The molecule has 0 fully saturated rings.